The standard InChI is InChI=1S/C19H23N3O3/c23-19(22-11-12-24-16-8-4-7-15(16)22)10-9-18-20-17(21-25-18)13-14-5-2-1-3-6-14/h1-3,5-6,15-16H,4,7-13H2. The lowest BCUT2D eigenvalue weighted by Gasteiger charge is -2.37. The molecule has 132 valence electrons. The molecule has 2 aliphatic rings. The molecule has 1 saturated heterocycles. The Hall–Kier alpha value is -2.21. The van der Waals surface area contributed by atoms with E-state index in [1.54, 1.807) is 0 Å². The van der Waals surface area contributed by atoms with E-state index in [4.69, 9.17) is 9.26 Å². The van der Waals surface area contributed by atoms with Crippen LogP contribution in [0.1, 0.15) is 43.0 Å². The lowest BCUT2D eigenvalue weighted by atomic mass is 10.1. The predicted molar refractivity (Wildman–Crippen MR) is 91.0 cm³/mol. The number of ether oxygens (including phenoxy) is 1. The van der Waals surface area contributed by atoms with Crippen LogP contribution >= 0.6 is 0 Å². The van der Waals surface area contributed by atoms with Gasteiger partial charge in [0.05, 0.1) is 18.8 Å². The Kier molecular flexibility index (Phi) is 4.78. The van der Waals surface area contributed by atoms with Crippen molar-refractivity contribution >= 4 is 5.91 Å². The van der Waals surface area contributed by atoms with Crippen molar-refractivity contribution < 1.29 is 14.1 Å². The van der Waals surface area contributed by atoms with E-state index in [0.29, 0.717) is 44.1 Å². The highest BCUT2D eigenvalue weighted by Gasteiger charge is 2.38. The number of rotatable bonds is 5. The number of aromatic nitrogens is 2. The van der Waals surface area contributed by atoms with Gasteiger partial charge < -0.3 is 14.2 Å². The number of fused-ring (bicyclic) bond motifs is 1. The van der Waals surface area contributed by atoms with Crippen LogP contribution in [0.25, 0.3) is 0 Å². The Labute approximate surface area is 147 Å². The topological polar surface area (TPSA) is 68.5 Å². The Morgan fingerprint density at radius 1 is 1.24 bits per heavy atom. The third-order valence-electron chi connectivity index (χ3n) is 5.07. The van der Waals surface area contributed by atoms with Crippen molar-refractivity contribution in [1.29, 1.82) is 0 Å². The number of morpholine rings is 1. The number of aryl methyl sites for hydroxylation is 1. The zero-order chi connectivity index (χ0) is 17.1. The summed E-state index contributed by atoms with van der Waals surface area (Å²) in [6, 6.07) is 10.3. The van der Waals surface area contributed by atoms with E-state index < -0.39 is 0 Å². The summed E-state index contributed by atoms with van der Waals surface area (Å²) in [6.07, 6.45) is 5.06. The number of benzene rings is 1. The van der Waals surface area contributed by atoms with Gasteiger partial charge in [-0.25, -0.2) is 0 Å². The minimum atomic E-state index is 0.169. The van der Waals surface area contributed by atoms with Crippen molar-refractivity contribution in [2.45, 2.75) is 50.7 Å². The van der Waals surface area contributed by atoms with E-state index in [2.05, 4.69) is 10.1 Å². The lowest BCUT2D eigenvalue weighted by molar-refractivity contribution is -0.144. The molecule has 1 aliphatic carbocycles. The molecule has 1 saturated carbocycles. The van der Waals surface area contributed by atoms with Gasteiger partial charge in [0.2, 0.25) is 11.8 Å². The maximum Gasteiger partial charge on any atom is 0.227 e. The number of nitrogens with zero attached hydrogens (tertiary/aromatic N) is 3. The van der Waals surface area contributed by atoms with Crippen LogP contribution in [-0.2, 0) is 22.4 Å². The zero-order valence-corrected chi connectivity index (χ0v) is 14.3. The molecule has 0 spiro atoms. The number of carbonyl (C=O) groups excluding carboxylic acids is 1. The Balaban J connectivity index is 1.31. The fourth-order valence-corrected chi connectivity index (χ4v) is 3.83. The van der Waals surface area contributed by atoms with Crippen molar-refractivity contribution in [2.75, 3.05) is 13.2 Å². The Morgan fingerprint density at radius 3 is 3.00 bits per heavy atom. The van der Waals surface area contributed by atoms with Gasteiger partial charge in [-0.05, 0) is 24.8 Å². The maximum absolute atomic E-state index is 12.6. The lowest BCUT2D eigenvalue weighted by Crippen LogP contribution is -2.51. The van der Waals surface area contributed by atoms with Gasteiger partial charge in [0.15, 0.2) is 5.82 Å². The molecule has 2 fully saturated rings. The highest BCUT2D eigenvalue weighted by atomic mass is 16.5. The molecular weight excluding hydrogens is 318 g/mol. The molecule has 1 aromatic heterocycles. The monoisotopic (exact) mass is 341 g/mol. The van der Waals surface area contributed by atoms with E-state index in [0.717, 1.165) is 24.8 Å². The van der Waals surface area contributed by atoms with Crippen LogP contribution in [0, 0.1) is 0 Å². The summed E-state index contributed by atoms with van der Waals surface area (Å²) in [7, 11) is 0. The van der Waals surface area contributed by atoms with Crippen molar-refractivity contribution in [1.82, 2.24) is 15.0 Å². The molecule has 1 amide bonds. The summed E-state index contributed by atoms with van der Waals surface area (Å²) in [5.74, 6) is 1.37. The van der Waals surface area contributed by atoms with Crippen molar-refractivity contribution in [3.63, 3.8) is 0 Å². The van der Waals surface area contributed by atoms with E-state index in [1.165, 1.54) is 0 Å². The molecule has 0 radical (unpaired) electrons. The average molecular weight is 341 g/mol. The third-order valence-corrected chi connectivity index (χ3v) is 5.07. The molecule has 2 atom stereocenters. The first-order valence-corrected chi connectivity index (χ1v) is 9.06. The first kappa shape index (κ1) is 16.3. The Bertz CT molecular complexity index is 716. The quantitative estimate of drug-likeness (QED) is 0.835. The average Bonchev–Trinajstić information content (AvgIpc) is 3.29. The SMILES string of the molecule is O=C(CCc1nc(Cc2ccccc2)no1)N1CCOC2CCCC21. The fraction of sp³-hybridized carbons (Fsp3) is 0.526. The van der Waals surface area contributed by atoms with Crippen molar-refractivity contribution in [3.8, 4) is 0 Å². The fourth-order valence-electron chi connectivity index (χ4n) is 3.83. The molecule has 4 rings (SSSR count). The summed E-state index contributed by atoms with van der Waals surface area (Å²) in [6.45, 7) is 1.35. The molecule has 0 bridgehead atoms. The van der Waals surface area contributed by atoms with Gasteiger partial charge in [-0.15, -0.1) is 0 Å². The second-order valence-electron chi connectivity index (χ2n) is 6.76. The third kappa shape index (κ3) is 3.74. The van der Waals surface area contributed by atoms with E-state index in [9.17, 15) is 4.79 Å². The number of amides is 1. The van der Waals surface area contributed by atoms with Gasteiger partial charge in [0, 0.05) is 25.8 Å². The van der Waals surface area contributed by atoms with Crippen LogP contribution in [0.5, 0.6) is 0 Å². The summed E-state index contributed by atoms with van der Waals surface area (Å²) in [5.41, 5.74) is 1.14. The van der Waals surface area contributed by atoms with Crippen LogP contribution in [0.3, 0.4) is 0 Å². The number of carbonyl (C=O) groups is 1. The zero-order valence-electron chi connectivity index (χ0n) is 14.3. The molecule has 2 aromatic rings. The van der Waals surface area contributed by atoms with Gasteiger partial charge in [0.1, 0.15) is 0 Å². The normalized spacial score (nSPS) is 22.8. The summed E-state index contributed by atoms with van der Waals surface area (Å²) < 4.78 is 11.1. The van der Waals surface area contributed by atoms with Gasteiger partial charge in [-0.3, -0.25) is 4.79 Å². The molecular formula is C19H23N3O3. The van der Waals surface area contributed by atoms with E-state index in [1.807, 2.05) is 35.2 Å². The van der Waals surface area contributed by atoms with E-state index in [-0.39, 0.29) is 18.1 Å². The maximum atomic E-state index is 12.6. The number of hydrogen-bond donors (Lipinski definition) is 0. The molecule has 1 aromatic carbocycles. The van der Waals surface area contributed by atoms with Crippen LogP contribution < -0.4 is 0 Å². The van der Waals surface area contributed by atoms with E-state index >= 15 is 0 Å². The molecule has 25 heavy (non-hydrogen) atoms. The highest BCUT2D eigenvalue weighted by Crippen LogP contribution is 2.30. The van der Waals surface area contributed by atoms with Gasteiger partial charge in [-0.1, -0.05) is 35.5 Å². The van der Waals surface area contributed by atoms with Crippen LogP contribution in [0.4, 0.5) is 0 Å². The second kappa shape index (κ2) is 7.35. The molecule has 6 heteroatoms. The Morgan fingerprint density at radius 2 is 2.12 bits per heavy atom. The molecule has 1 aliphatic heterocycles. The number of hydrogen-bond acceptors (Lipinski definition) is 5. The van der Waals surface area contributed by atoms with Crippen molar-refractivity contribution in [2.24, 2.45) is 0 Å². The smallest absolute Gasteiger partial charge is 0.227 e. The first-order chi connectivity index (χ1) is 12.3. The molecule has 2 heterocycles. The summed E-state index contributed by atoms with van der Waals surface area (Å²) >= 11 is 0. The van der Waals surface area contributed by atoms with Crippen LogP contribution in [0.15, 0.2) is 34.9 Å². The summed E-state index contributed by atoms with van der Waals surface area (Å²) in [4.78, 5) is 19.0. The van der Waals surface area contributed by atoms with Crippen LogP contribution in [0.2, 0.25) is 0 Å². The van der Waals surface area contributed by atoms with Gasteiger partial charge in [0.25, 0.3) is 0 Å². The largest absolute Gasteiger partial charge is 0.374 e. The first-order valence-electron chi connectivity index (χ1n) is 9.06. The van der Waals surface area contributed by atoms with Crippen molar-refractivity contribution in [3.05, 3.63) is 47.6 Å². The molecule has 2 unspecified atom stereocenters. The minimum Gasteiger partial charge on any atom is -0.374 e. The molecule has 6 nitrogen and oxygen atoms in total. The highest BCUT2D eigenvalue weighted by molar-refractivity contribution is 5.77. The van der Waals surface area contributed by atoms with Gasteiger partial charge in [-0.2, -0.15) is 4.98 Å². The predicted octanol–water partition coefficient (Wildman–Crippen LogP) is 2.37. The van der Waals surface area contributed by atoms with Crippen LogP contribution in [-0.4, -0.2) is 46.2 Å². The summed E-state index contributed by atoms with van der Waals surface area (Å²) in [5, 5.41) is 4.02. The van der Waals surface area contributed by atoms with Gasteiger partial charge >= 0.3 is 0 Å². The second-order valence-corrected chi connectivity index (χ2v) is 6.76. The molecule has 0 N–H and O–H groups in total. The minimum absolute atomic E-state index is 0.169.